The van der Waals surface area contributed by atoms with Crippen LogP contribution in [0.25, 0.3) is 0 Å². The number of carbonyl (C=O) groups is 2. The second-order valence-corrected chi connectivity index (χ2v) is 3.83. The number of carbonyl (C=O) groups excluding carboxylic acids is 1. The first-order valence-electron chi connectivity index (χ1n) is 5.53. The number of nitrogens with one attached hydrogen (secondary N) is 1. The van der Waals surface area contributed by atoms with Crippen LogP contribution in [0.15, 0.2) is 29.0 Å². The quantitative estimate of drug-likeness (QED) is 0.748. The lowest BCUT2D eigenvalue weighted by molar-refractivity contribution is -0.136. The number of furan rings is 1. The van der Waals surface area contributed by atoms with Crippen LogP contribution in [0.4, 0.5) is 0 Å². The first-order valence-corrected chi connectivity index (χ1v) is 5.53. The number of hydrogen-bond acceptors (Lipinski definition) is 5. The standard InChI is InChI=1S/C11H12N4O4/c16-10(12-5-9-2-1-3-19-9)7-15-6-8(13-14-15)4-11(17)18/h1-3,6H,4-5,7H2,(H,12,16)(H,17,18). The summed E-state index contributed by atoms with van der Waals surface area (Å²) >= 11 is 0. The van der Waals surface area contributed by atoms with Crippen LogP contribution < -0.4 is 5.32 Å². The van der Waals surface area contributed by atoms with Crippen LogP contribution in [0.5, 0.6) is 0 Å². The number of hydrogen-bond donors (Lipinski definition) is 2. The number of aromatic nitrogens is 3. The number of amides is 1. The molecule has 100 valence electrons. The molecule has 0 unspecified atom stereocenters. The molecular weight excluding hydrogens is 252 g/mol. The molecule has 1 amide bonds. The van der Waals surface area contributed by atoms with Gasteiger partial charge in [0, 0.05) is 6.20 Å². The summed E-state index contributed by atoms with van der Waals surface area (Å²) in [5.41, 5.74) is 0.311. The van der Waals surface area contributed by atoms with Gasteiger partial charge in [0.1, 0.15) is 12.3 Å². The molecule has 2 aromatic heterocycles. The topological polar surface area (TPSA) is 110 Å². The third-order valence-corrected chi connectivity index (χ3v) is 2.26. The second-order valence-electron chi connectivity index (χ2n) is 3.83. The van der Waals surface area contributed by atoms with Gasteiger partial charge in [0.2, 0.25) is 5.91 Å². The van der Waals surface area contributed by atoms with E-state index in [4.69, 9.17) is 9.52 Å². The molecule has 0 saturated heterocycles. The summed E-state index contributed by atoms with van der Waals surface area (Å²) in [5, 5.41) is 18.6. The third-order valence-electron chi connectivity index (χ3n) is 2.26. The van der Waals surface area contributed by atoms with Gasteiger partial charge in [0.25, 0.3) is 0 Å². The molecule has 0 aromatic carbocycles. The van der Waals surface area contributed by atoms with E-state index in [-0.39, 0.29) is 18.9 Å². The minimum Gasteiger partial charge on any atom is -0.481 e. The zero-order valence-corrected chi connectivity index (χ0v) is 9.94. The molecule has 0 saturated carbocycles. The Labute approximate surface area is 108 Å². The maximum Gasteiger partial charge on any atom is 0.309 e. The summed E-state index contributed by atoms with van der Waals surface area (Å²) in [5.74, 6) is -0.601. The van der Waals surface area contributed by atoms with Gasteiger partial charge in [0.05, 0.1) is 24.9 Å². The van der Waals surface area contributed by atoms with E-state index in [1.807, 2.05) is 0 Å². The molecule has 2 aromatic rings. The van der Waals surface area contributed by atoms with E-state index >= 15 is 0 Å². The van der Waals surface area contributed by atoms with Crippen molar-refractivity contribution < 1.29 is 19.1 Å². The molecule has 0 aliphatic carbocycles. The molecule has 0 aliphatic heterocycles. The van der Waals surface area contributed by atoms with Crippen LogP contribution in [0.1, 0.15) is 11.5 Å². The molecule has 2 rings (SSSR count). The lowest BCUT2D eigenvalue weighted by Crippen LogP contribution is -2.27. The maximum absolute atomic E-state index is 11.6. The minimum atomic E-state index is -0.991. The molecule has 2 heterocycles. The van der Waals surface area contributed by atoms with E-state index in [2.05, 4.69) is 15.6 Å². The summed E-state index contributed by atoms with van der Waals surface area (Å²) in [7, 11) is 0. The van der Waals surface area contributed by atoms with Crippen molar-refractivity contribution in [3.8, 4) is 0 Å². The van der Waals surface area contributed by atoms with Crippen molar-refractivity contribution in [2.45, 2.75) is 19.5 Å². The number of aliphatic carboxylic acids is 1. The van der Waals surface area contributed by atoms with E-state index in [1.165, 1.54) is 17.1 Å². The van der Waals surface area contributed by atoms with Crippen LogP contribution >= 0.6 is 0 Å². The Morgan fingerprint density at radius 3 is 3.00 bits per heavy atom. The summed E-state index contributed by atoms with van der Waals surface area (Å²) < 4.78 is 6.35. The second kappa shape index (κ2) is 5.80. The first-order chi connectivity index (χ1) is 9.13. The van der Waals surface area contributed by atoms with Gasteiger partial charge in [-0.1, -0.05) is 5.21 Å². The SMILES string of the molecule is O=C(O)Cc1cn(CC(=O)NCc2ccco2)nn1. The Morgan fingerprint density at radius 2 is 2.32 bits per heavy atom. The van der Waals surface area contributed by atoms with Gasteiger partial charge in [0.15, 0.2) is 0 Å². The van der Waals surface area contributed by atoms with E-state index in [0.29, 0.717) is 18.0 Å². The Bertz CT molecular complexity index is 561. The molecule has 0 fully saturated rings. The number of rotatable bonds is 6. The van der Waals surface area contributed by atoms with E-state index in [1.54, 1.807) is 12.1 Å². The summed E-state index contributed by atoms with van der Waals surface area (Å²) in [6.07, 6.45) is 2.74. The zero-order valence-electron chi connectivity index (χ0n) is 9.94. The fourth-order valence-electron chi connectivity index (χ4n) is 1.45. The smallest absolute Gasteiger partial charge is 0.309 e. The molecule has 0 radical (unpaired) electrons. The van der Waals surface area contributed by atoms with Crippen molar-refractivity contribution in [1.29, 1.82) is 0 Å². The van der Waals surface area contributed by atoms with Gasteiger partial charge >= 0.3 is 5.97 Å². The lowest BCUT2D eigenvalue weighted by Gasteiger charge is -2.02. The molecule has 8 nitrogen and oxygen atoms in total. The van der Waals surface area contributed by atoms with Gasteiger partial charge < -0.3 is 14.8 Å². The normalized spacial score (nSPS) is 10.3. The number of carboxylic acids is 1. The van der Waals surface area contributed by atoms with Gasteiger partial charge in [-0.3, -0.25) is 9.59 Å². The lowest BCUT2D eigenvalue weighted by atomic mass is 10.3. The van der Waals surface area contributed by atoms with Crippen molar-refractivity contribution >= 4 is 11.9 Å². The van der Waals surface area contributed by atoms with Crippen LogP contribution in [0.2, 0.25) is 0 Å². The van der Waals surface area contributed by atoms with Crippen LogP contribution in [-0.4, -0.2) is 32.0 Å². The molecule has 0 aliphatic rings. The number of carboxylic acid groups (broad SMARTS) is 1. The summed E-state index contributed by atoms with van der Waals surface area (Å²) in [6, 6.07) is 3.48. The van der Waals surface area contributed by atoms with E-state index in [0.717, 1.165) is 0 Å². The highest BCUT2D eigenvalue weighted by molar-refractivity contribution is 5.75. The van der Waals surface area contributed by atoms with Gasteiger partial charge in [-0.2, -0.15) is 0 Å². The highest BCUT2D eigenvalue weighted by Gasteiger charge is 2.08. The number of nitrogens with zero attached hydrogens (tertiary/aromatic N) is 3. The average Bonchev–Trinajstić information content (AvgIpc) is 2.97. The third kappa shape index (κ3) is 3.95. The van der Waals surface area contributed by atoms with Crippen LogP contribution in [-0.2, 0) is 29.1 Å². The Morgan fingerprint density at radius 1 is 1.47 bits per heavy atom. The first kappa shape index (κ1) is 12.8. The van der Waals surface area contributed by atoms with Crippen molar-refractivity contribution in [3.05, 3.63) is 36.0 Å². The van der Waals surface area contributed by atoms with Crippen LogP contribution in [0.3, 0.4) is 0 Å². The predicted octanol–water partition coefficient (Wildman–Crippen LogP) is -0.185. The van der Waals surface area contributed by atoms with Crippen LogP contribution in [0, 0.1) is 0 Å². The monoisotopic (exact) mass is 264 g/mol. The minimum absolute atomic E-state index is 0.0205. The zero-order chi connectivity index (χ0) is 13.7. The maximum atomic E-state index is 11.6. The van der Waals surface area contributed by atoms with Gasteiger partial charge in [-0.05, 0) is 12.1 Å². The molecule has 8 heteroatoms. The average molecular weight is 264 g/mol. The Balaban J connectivity index is 1.81. The van der Waals surface area contributed by atoms with Crippen molar-refractivity contribution in [2.24, 2.45) is 0 Å². The Hall–Kier alpha value is -2.64. The molecule has 19 heavy (non-hydrogen) atoms. The van der Waals surface area contributed by atoms with E-state index in [9.17, 15) is 9.59 Å². The Kier molecular flexibility index (Phi) is 3.91. The predicted molar refractivity (Wildman–Crippen MR) is 61.9 cm³/mol. The van der Waals surface area contributed by atoms with E-state index < -0.39 is 5.97 Å². The van der Waals surface area contributed by atoms with Crippen molar-refractivity contribution in [2.75, 3.05) is 0 Å². The highest BCUT2D eigenvalue weighted by atomic mass is 16.4. The molecule has 0 atom stereocenters. The molecule has 0 spiro atoms. The molecule has 2 N–H and O–H groups in total. The molecule has 0 bridgehead atoms. The fraction of sp³-hybridized carbons (Fsp3) is 0.273. The van der Waals surface area contributed by atoms with Gasteiger partial charge in [-0.15, -0.1) is 5.10 Å². The fourth-order valence-corrected chi connectivity index (χ4v) is 1.45. The molecular formula is C11H12N4O4. The van der Waals surface area contributed by atoms with Crippen molar-refractivity contribution in [1.82, 2.24) is 20.3 Å². The largest absolute Gasteiger partial charge is 0.481 e. The highest BCUT2D eigenvalue weighted by Crippen LogP contribution is 1.99. The summed E-state index contributed by atoms with van der Waals surface area (Å²) in [6.45, 7) is 0.274. The van der Waals surface area contributed by atoms with Crippen molar-refractivity contribution in [3.63, 3.8) is 0 Å². The summed E-state index contributed by atoms with van der Waals surface area (Å²) in [4.78, 5) is 22.0. The van der Waals surface area contributed by atoms with Gasteiger partial charge in [-0.25, -0.2) is 4.68 Å².